The molecule has 0 aromatic carbocycles. The molecule has 2 aromatic rings. The van der Waals surface area contributed by atoms with Crippen LogP contribution in [-0.4, -0.2) is 37.8 Å². The van der Waals surface area contributed by atoms with Crippen molar-refractivity contribution in [3.05, 3.63) is 23.2 Å². The van der Waals surface area contributed by atoms with Crippen LogP contribution in [0.2, 0.25) is 5.28 Å². The van der Waals surface area contributed by atoms with E-state index in [1.54, 1.807) is 10.9 Å². The van der Waals surface area contributed by atoms with Crippen LogP contribution in [0.15, 0.2) is 12.4 Å². The van der Waals surface area contributed by atoms with Crippen LogP contribution in [0.3, 0.4) is 0 Å². The van der Waals surface area contributed by atoms with Crippen LogP contribution < -0.4 is 10.2 Å². The molecule has 1 fully saturated rings. The highest BCUT2D eigenvalue weighted by molar-refractivity contribution is 6.28. The minimum atomic E-state index is 0.218. The van der Waals surface area contributed by atoms with Crippen LogP contribution in [0.1, 0.15) is 18.4 Å². The standard InChI is InChI=1S/C12H16ClN7/c1-19-8-9(7-15-19)6-14-11-16-10(13)17-12(18-11)20-4-2-3-5-20/h7-8H,2-6H2,1H3,(H,14,16,17,18). The second-order valence-electron chi connectivity index (χ2n) is 4.80. The Labute approximate surface area is 122 Å². The SMILES string of the molecule is Cn1cc(CNc2nc(Cl)nc(N3CCCC3)n2)cn1. The fourth-order valence-corrected chi connectivity index (χ4v) is 2.38. The first-order chi connectivity index (χ1) is 9.70. The van der Waals surface area contributed by atoms with E-state index >= 15 is 0 Å². The highest BCUT2D eigenvalue weighted by atomic mass is 35.5. The zero-order valence-corrected chi connectivity index (χ0v) is 12.0. The van der Waals surface area contributed by atoms with Crippen molar-refractivity contribution in [1.29, 1.82) is 0 Å². The maximum Gasteiger partial charge on any atom is 0.231 e. The summed E-state index contributed by atoms with van der Waals surface area (Å²) >= 11 is 5.97. The largest absolute Gasteiger partial charge is 0.350 e. The molecule has 106 valence electrons. The molecule has 3 rings (SSSR count). The summed E-state index contributed by atoms with van der Waals surface area (Å²) in [4.78, 5) is 14.8. The molecular weight excluding hydrogens is 278 g/mol. The maximum absolute atomic E-state index is 5.97. The first-order valence-electron chi connectivity index (χ1n) is 6.58. The van der Waals surface area contributed by atoms with Crippen molar-refractivity contribution in [2.24, 2.45) is 7.05 Å². The van der Waals surface area contributed by atoms with Crippen molar-refractivity contribution in [3.8, 4) is 0 Å². The van der Waals surface area contributed by atoms with Crippen LogP contribution in [0.5, 0.6) is 0 Å². The molecular formula is C12H16ClN7. The number of halogens is 1. The third kappa shape index (κ3) is 2.98. The lowest BCUT2D eigenvalue weighted by Crippen LogP contribution is -2.21. The molecule has 1 aliphatic heterocycles. The van der Waals surface area contributed by atoms with Gasteiger partial charge in [-0.05, 0) is 24.4 Å². The first kappa shape index (κ1) is 13.1. The number of nitrogens with one attached hydrogen (secondary N) is 1. The highest BCUT2D eigenvalue weighted by Gasteiger charge is 2.16. The van der Waals surface area contributed by atoms with Crippen molar-refractivity contribution < 1.29 is 0 Å². The quantitative estimate of drug-likeness (QED) is 0.920. The van der Waals surface area contributed by atoms with E-state index in [1.165, 1.54) is 12.8 Å². The van der Waals surface area contributed by atoms with Crippen LogP contribution in [-0.2, 0) is 13.6 Å². The van der Waals surface area contributed by atoms with E-state index in [-0.39, 0.29) is 5.28 Å². The lowest BCUT2D eigenvalue weighted by atomic mass is 10.4. The van der Waals surface area contributed by atoms with Crippen LogP contribution >= 0.6 is 11.6 Å². The average Bonchev–Trinajstić information content (AvgIpc) is 3.07. The van der Waals surface area contributed by atoms with Gasteiger partial charge in [0, 0.05) is 38.4 Å². The zero-order chi connectivity index (χ0) is 13.9. The van der Waals surface area contributed by atoms with Gasteiger partial charge in [0.05, 0.1) is 6.20 Å². The lowest BCUT2D eigenvalue weighted by molar-refractivity contribution is 0.767. The van der Waals surface area contributed by atoms with E-state index in [1.807, 2.05) is 13.2 Å². The molecule has 8 heteroatoms. The summed E-state index contributed by atoms with van der Waals surface area (Å²) in [5.41, 5.74) is 1.06. The molecule has 1 saturated heterocycles. The predicted molar refractivity (Wildman–Crippen MR) is 76.8 cm³/mol. The molecule has 2 aromatic heterocycles. The molecule has 0 saturated carbocycles. The lowest BCUT2D eigenvalue weighted by Gasteiger charge is -2.15. The number of hydrogen-bond acceptors (Lipinski definition) is 6. The summed E-state index contributed by atoms with van der Waals surface area (Å²) in [6, 6.07) is 0. The van der Waals surface area contributed by atoms with E-state index in [4.69, 9.17) is 11.6 Å². The fourth-order valence-electron chi connectivity index (χ4n) is 2.22. The molecule has 20 heavy (non-hydrogen) atoms. The maximum atomic E-state index is 5.97. The molecule has 0 unspecified atom stereocenters. The highest BCUT2D eigenvalue weighted by Crippen LogP contribution is 2.18. The van der Waals surface area contributed by atoms with E-state index in [0.29, 0.717) is 18.4 Å². The van der Waals surface area contributed by atoms with E-state index in [9.17, 15) is 0 Å². The van der Waals surface area contributed by atoms with Gasteiger partial charge in [-0.15, -0.1) is 0 Å². The predicted octanol–water partition coefficient (Wildman–Crippen LogP) is 1.47. The molecule has 7 nitrogen and oxygen atoms in total. The van der Waals surface area contributed by atoms with E-state index in [0.717, 1.165) is 18.7 Å². The van der Waals surface area contributed by atoms with Crippen molar-refractivity contribution in [1.82, 2.24) is 24.7 Å². The Hall–Kier alpha value is -1.89. The molecule has 1 N–H and O–H groups in total. The van der Waals surface area contributed by atoms with Gasteiger partial charge >= 0.3 is 0 Å². The average molecular weight is 294 g/mol. The van der Waals surface area contributed by atoms with Gasteiger partial charge in [0.25, 0.3) is 0 Å². The van der Waals surface area contributed by atoms with Gasteiger partial charge in [0.2, 0.25) is 17.2 Å². The Kier molecular flexibility index (Phi) is 3.68. The van der Waals surface area contributed by atoms with Crippen molar-refractivity contribution in [2.45, 2.75) is 19.4 Å². The molecule has 0 spiro atoms. The first-order valence-corrected chi connectivity index (χ1v) is 6.96. The third-order valence-electron chi connectivity index (χ3n) is 3.19. The molecule has 0 amide bonds. The van der Waals surface area contributed by atoms with Crippen LogP contribution in [0, 0.1) is 0 Å². The van der Waals surface area contributed by atoms with Gasteiger partial charge in [-0.2, -0.15) is 20.1 Å². The minimum absolute atomic E-state index is 0.218. The molecule has 0 aliphatic carbocycles. The summed E-state index contributed by atoms with van der Waals surface area (Å²) in [5, 5.41) is 7.49. The number of nitrogens with zero attached hydrogens (tertiary/aromatic N) is 6. The van der Waals surface area contributed by atoms with Gasteiger partial charge < -0.3 is 10.2 Å². The molecule has 1 aliphatic rings. The summed E-state index contributed by atoms with van der Waals surface area (Å²) in [6.45, 7) is 2.55. The van der Waals surface area contributed by atoms with Gasteiger partial charge in [-0.3, -0.25) is 4.68 Å². The second-order valence-corrected chi connectivity index (χ2v) is 5.14. The van der Waals surface area contributed by atoms with Gasteiger partial charge in [-0.1, -0.05) is 0 Å². The minimum Gasteiger partial charge on any atom is -0.350 e. The van der Waals surface area contributed by atoms with Gasteiger partial charge in [0.15, 0.2) is 0 Å². The van der Waals surface area contributed by atoms with Crippen LogP contribution in [0.25, 0.3) is 0 Å². The van der Waals surface area contributed by atoms with Crippen molar-refractivity contribution in [3.63, 3.8) is 0 Å². The van der Waals surface area contributed by atoms with Crippen molar-refractivity contribution >= 4 is 23.5 Å². The molecule has 0 radical (unpaired) electrons. The van der Waals surface area contributed by atoms with Crippen LogP contribution in [0.4, 0.5) is 11.9 Å². The monoisotopic (exact) mass is 293 g/mol. The summed E-state index contributed by atoms with van der Waals surface area (Å²) in [5.74, 6) is 1.15. The summed E-state index contributed by atoms with van der Waals surface area (Å²) in [7, 11) is 1.88. The number of anilines is 2. The Morgan fingerprint density at radius 3 is 2.75 bits per heavy atom. The Morgan fingerprint density at radius 1 is 1.25 bits per heavy atom. The third-order valence-corrected chi connectivity index (χ3v) is 3.36. The Balaban J connectivity index is 1.72. The number of aryl methyl sites for hydroxylation is 1. The number of hydrogen-bond donors (Lipinski definition) is 1. The molecule has 0 atom stereocenters. The zero-order valence-electron chi connectivity index (χ0n) is 11.3. The molecule has 0 bridgehead atoms. The number of aromatic nitrogens is 5. The second kappa shape index (κ2) is 5.62. The van der Waals surface area contributed by atoms with Gasteiger partial charge in [0.1, 0.15) is 0 Å². The van der Waals surface area contributed by atoms with Crippen molar-refractivity contribution in [2.75, 3.05) is 23.3 Å². The smallest absolute Gasteiger partial charge is 0.231 e. The van der Waals surface area contributed by atoms with Gasteiger partial charge in [-0.25, -0.2) is 0 Å². The number of rotatable bonds is 4. The van der Waals surface area contributed by atoms with E-state index in [2.05, 4.69) is 30.3 Å². The normalized spacial score (nSPS) is 14.8. The topological polar surface area (TPSA) is 71.8 Å². The Bertz CT molecular complexity index is 591. The molecule has 3 heterocycles. The Morgan fingerprint density at radius 2 is 2.05 bits per heavy atom. The summed E-state index contributed by atoms with van der Waals surface area (Å²) < 4.78 is 1.76. The summed E-state index contributed by atoms with van der Waals surface area (Å²) in [6.07, 6.45) is 6.08. The van der Waals surface area contributed by atoms with E-state index < -0.39 is 0 Å². The fraction of sp³-hybridized carbons (Fsp3) is 0.500.